The van der Waals surface area contributed by atoms with Gasteiger partial charge < -0.3 is 9.53 Å². The van der Waals surface area contributed by atoms with Crippen LogP contribution < -0.4 is 4.74 Å². The van der Waals surface area contributed by atoms with E-state index in [2.05, 4.69) is 0 Å². The smallest absolute Gasteiger partial charge is 0.183 e. The molecule has 1 aromatic rings. The van der Waals surface area contributed by atoms with Crippen molar-refractivity contribution in [2.24, 2.45) is 0 Å². The lowest BCUT2D eigenvalue weighted by atomic mass is 9.97. The molecule has 82 valence electrons. The molecule has 0 aliphatic carbocycles. The molecule has 2 nitrogen and oxygen atoms in total. The number of carbonyl (C=O) groups is 1. The molecule has 15 heavy (non-hydrogen) atoms. The molecule has 0 heterocycles. The summed E-state index contributed by atoms with van der Waals surface area (Å²) in [7, 11) is 1.38. The van der Waals surface area contributed by atoms with Gasteiger partial charge in [-0.2, -0.15) is 0 Å². The molecule has 0 saturated heterocycles. The van der Waals surface area contributed by atoms with Gasteiger partial charge in [-0.25, -0.2) is 4.39 Å². The van der Waals surface area contributed by atoms with Gasteiger partial charge in [-0.15, -0.1) is 0 Å². The molecule has 0 N–H and O–H groups in total. The molecule has 0 aliphatic heterocycles. The predicted octanol–water partition coefficient (Wildman–Crippen LogP) is 3.18. The fourth-order valence-corrected chi connectivity index (χ4v) is 1.56. The van der Waals surface area contributed by atoms with Gasteiger partial charge >= 0.3 is 0 Å². The van der Waals surface area contributed by atoms with Crippen molar-refractivity contribution >= 4 is 17.9 Å². The number of carbonyl (C=O) groups excluding carboxylic acids is 1. The summed E-state index contributed by atoms with van der Waals surface area (Å²) in [5.41, 5.74) is 0.659. The highest BCUT2D eigenvalue weighted by Crippen LogP contribution is 2.34. The lowest BCUT2D eigenvalue weighted by Crippen LogP contribution is -2.01. The quantitative estimate of drug-likeness (QED) is 0.743. The fraction of sp³-hybridized carbons (Fsp3) is 0.364. The predicted molar refractivity (Wildman–Crippen MR) is 57.1 cm³/mol. The van der Waals surface area contributed by atoms with E-state index >= 15 is 0 Å². The summed E-state index contributed by atoms with van der Waals surface area (Å²) in [5, 5.41) is 0.0221. The highest BCUT2D eigenvalue weighted by atomic mass is 35.5. The maximum Gasteiger partial charge on any atom is 0.183 e. The van der Waals surface area contributed by atoms with Crippen molar-refractivity contribution in [2.75, 3.05) is 7.11 Å². The lowest BCUT2D eigenvalue weighted by molar-refractivity contribution is -0.108. The minimum Gasteiger partial charge on any atom is -0.493 e. The van der Waals surface area contributed by atoms with Crippen molar-refractivity contribution in [3.05, 3.63) is 28.5 Å². The zero-order chi connectivity index (χ0) is 11.4. The van der Waals surface area contributed by atoms with Gasteiger partial charge in [0, 0.05) is 12.0 Å². The summed E-state index contributed by atoms with van der Waals surface area (Å²) < 4.78 is 18.5. The second-order valence-corrected chi connectivity index (χ2v) is 3.69. The van der Waals surface area contributed by atoms with Crippen LogP contribution in [0.15, 0.2) is 12.1 Å². The zero-order valence-electron chi connectivity index (χ0n) is 8.59. The van der Waals surface area contributed by atoms with Gasteiger partial charge in [0.1, 0.15) is 6.29 Å². The van der Waals surface area contributed by atoms with Crippen LogP contribution in [0.25, 0.3) is 0 Å². The molecule has 0 aromatic heterocycles. The molecule has 0 fully saturated rings. The number of aldehydes is 1. The van der Waals surface area contributed by atoms with Gasteiger partial charge in [-0.05, 0) is 12.0 Å². The van der Waals surface area contributed by atoms with Crippen LogP contribution in [0.2, 0.25) is 5.02 Å². The van der Waals surface area contributed by atoms with E-state index in [9.17, 15) is 9.18 Å². The van der Waals surface area contributed by atoms with Crippen LogP contribution in [-0.4, -0.2) is 13.4 Å². The van der Waals surface area contributed by atoms with Gasteiger partial charge in [-0.3, -0.25) is 0 Å². The summed E-state index contributed by atoms with van der Waals surface area (Å²) >= 11 is 5.62. The third kappa shape index (κ3) is 2.48. The van der Waals surface area contributed by atoms with Gasteiger partial charge in [0.2, 0.25) is 0 Å². The molecule has 0 aliphatic rings. The van der Waals surface area contributed by atoms with Crippen LogP contribution in [0, 0.1) is 5.82 Å². The Bertz CT molecular complexity index is 366. The maximum atomic E-state index is 13.5. The van der Waals surface area contributed by atoms with Gasteiger partial charge in [-0.1, -0.05) is 24.6 Å². The standard InChI is InChI=1S/C11H12ClFO2/c1-7(5-6-14)8-3-4-9(12)10(13)11(8)15-2/h3-4,6-7H,5H2,1-2H3. The van der Waals surface area contributed by atoms with E-state index in [0.717, 1.165) is 6.29 Å². The van der Waals surface area contributed by atoms with E-state index in [1.807, 2.05) is 6.92 Å². The van der Waals surface area contributed by atoms with Crippen LogP contribution in [0.5, 0.6) is 5.75 Å². The lowest BCUT2D eigenvalue weighted by Gasteiger charge is -2.14. The third-order valence-corrected chi connectivity index (χ3v) is 2.56. The summed E-state index contributed by atoms with van der Waals surface area (Å²) in [5.74, 6) is -0.532. The average Bonchev–Trinajstić information content (AvgIpc) is 2.22. The van der Waals surface area contributed by atoms with E-state index in [0.29, 0.717) is 12.0 Å². The monoisotopic (exact) mass is 230 g/mol. The summed E-state index contributed by atoms with van der Waals surface area (Å²) in [6.07, 6.45) is 1.13. The third-order valence-electron chi connectivity index (χ3n) is 2.27. The van der Waals surface area contributed by atoms with E-state index in [-0.39, 0.29) is 16.7 Å². The van der Waals surface area contributed by atoms with Crippen molar-refractivity contribution in [1.29, 1.82) is 0 Å². The Hall–Kier alpha value is -1.09. The molecule has 1 aromatic carbocycles. The summed E-state index contributed by atoms with van der Waals surface area (Å²) in [6, 6.07) is 3.15. The fourth-order valence-electron chi connectivity index (χ4n) is 1.41. The molecular formula is C11H12ClFO2. The molecular weight excluding hydrogens is 219 g/mol. The normalized spacial score (nSPS) is 12.3. The van der Waals surface area contributed by atoms with Crippen LogP contribution >= 0.6 is 11.6 Å². The van der Waals surface area contributed by atoms with E-state index in [1.165, 1.54) is 13.2 Å². The van der Waals surface area contributed by atoms with Gasteiger partial charge in [0.15, 0.2) is 11.6 Å². The number of halogens is 2. The molecule has 0 amide bonds. The van der Waals surface area contributed by atoms with Crippen molar-refractivity contribution in [3.8, 4) is 5.75 Å². The Kier molecular flexibility index (Phi) is 4.09. The summed E-state index contributed by atoms with van der Waals surface area (Å²) in [4.78, 5) is 10.4. The topological polar surface area (TPSA) is 26.3 Å². The van der Waals surface area contributed by atoms with Gasteiger partial charge in [0.25, 0.3) is 0 Å². The Morgan fingerprint density at radius 2 is 2.27 bits per heavy atom. The maximum absolute atomic E-state index is 13.5. The molecule has 4 heteroatoms. The van der Waals surface area contributed by atoms with E-state index in [4.69, 9.17) is 16.3 Å². The summed E-state index contributed by atoms with van der Waals surface area (Å²) in [6.45, 7) is 1.83. The molecule has 1 unspecified atom stereocenters. The van der Waals surface area contributed by atoms with Crippen LogP contribution in [0.1, 0.15) is 24.8 Å². The average molecular weight is 231 g/mol. The zero-order valence-corrected chi connectivity index (χ0v) is 9.34. The minimum atomic E-state index is -0.575. The van der Waals surface area contributed by atoms with Crippen molar-refractivity contribution in [3.63, 3.8) is 0 Å². The number of hydrogen-bond donors (Lipinski definition) is 0. The van der Waals surface area contributed by atoms with Crippen molar-refractivity contribution in [1.82, 2.24) is 0 Å². The Morgan fingerprint density at radius 1 is 1.60 bits per heavy atom. The largest absolute Gasteiger partial charge is 0.493 e. The molecule has 0 spiro atoms. The first kappa shape index (κ1) is 12.0. The van der Waals surface area contributed by atoms with Crippen LogP contribution in [0.3, 0.4) is 0 Å². The number of benzene rings is 1. The highest BCUT2D eigenvalue weighted by Gasteiger charge is 2.17. The first-order chi connectivity index (χ1) is 7.11. The molecule has 1 rings (SSSR count). The second kappa shape index (κ2) is 5.12. The van der Waals surface area contributed by atoms with Gasteiger partial charge in [0.05, 0.1) is 12.1 Å². The molecule has 1 atom stereocenters. The number of methoxy groups -OCH3 is 1. The Balaban J connectivity index is 3.17. The van der Waals surface area contributed by atoms with Crippen LogP contribution in [-0.2, 0) is 4.79 Å². The molecule has 0 radical (unpaired) electrons. The number of ether oxygens (including phenoxy) is 1. The molecule has 0 bridgehead atoms. The Labute approximate surface area is 93.0 Å². The molecule has 0 saturated carbocycles. The minimum absolute atomic E-state index is 0.0221. The number of hydrogen-bond acceptors (Lipinski definition) is 2. The second-order valence-electron chi connectivity index (χ2n) is 3.29. The number of rotatable bonds is 4. The van der Waals surface area contributed by atoms with Crippen molar-refractivity contribution in [2.45, 2.75) is 19.3 Å². The first-order valence-electron chi connectivity index (χ1n) is 4.57. The van der Waals surface area contributed by atoms with E-state index < -0.39 is 5.82 Å². The SMILES string of the molecule is COc1c(C(C)CC=O)ccc(Cl)c1F. The van der Waals surface area contributed by atoms with E-state index in [1.54, 1.807) is 6.07 Å². The first-order valence-corrected chi connectivity index (χ1v) is 4.95. The Morgan fingerprint density at radius 3 is 2.80 bits per heavy atom. The van der Waals surface area contributed by atoms with Crippen LogP contribution in [0.4, 0.5) is 4.39 Å². The van der Waals surface area contributed by atoms with Crippen molar-refractivity contribution < 1.29 is 13.9 Å². The highest BCUT2D eigenvalue weighted by molar-refractivity contribution is 6.30.